The minimum Gasteiger partial charge on any atom is -0.377 e. The standard InChI is InChI=1S/C18H21N3O2/c1-13-10-14(2)19-17(11-13)20-18(22)21-8-9-23-12-16(21)15-6-4-3-5-7-15/h3-7,10-11,16H,8-9,12H2,1-2H3,(H,19,20,22). The number of urea groups is 1. The second-order valence-corrected chi connectivity index (χ2v) is 5.80. The van der Waals surface area contributed by atoms with Crippen LogP contribution < -0.4 is 5.32 Å². The fraction of sp³-hybridized carbons (Fsp3) is 0.333. The van der Waals surface area contributed by atoms with E-state index in [1.54, 1.807) is 0 Å². The van der Waals surface area contributed by atoms with Crippen LogP contribution in [-0.2, 0) is 4.74 Å². The maximum atomic E-state index is 12.7. The number of hydrogen-bond acceptors (Lipinski definition) is 3. The maximum Gasteiger partial charge on any atom is 0.323 e. The van der Waals surface area contributed by atoms with Crippen molar-refractivity contribution in [3.63, 3.8) is 0 Å². The number of amides is 2. The van der Waals surface area contributed by atoms with Gasteiger partial charge in [0, 0.05) is 12.2 Å². The number of benzene rings is 1. The molecule has 2 amide bonds. The van der Waals surface area contributed by atoms with Crippen LogP contribution in [0.4, 0.5) is 10.6 Å². The number of nitrogens with one attached hydrogen (secondary N) is 1. The minimum atomic E-state index is -0.139. The van der Waals surface area contributed by atoms with Crippen molar-refractivity contribution in [3.05, 3.63) is 59.3 Å². The first-order chi connectivity index (χ1) is 11.1. The number of anilines is 1. The number of aryl methyl sites for hydroxylation is 2. The number of hydrogen-bond donors (Lipinski definition) is 1. The van der Waals surface area contributed by atoms with Crippen molar-refractivity contribution in [2.24, 2.45) is 0 Å². The third kappa shape index (κ3) is 3.68. The first-order valence-corrected chi connectivity index (χ1v) is 7.79. The summed E-state index contributed by atoms with van der Waals surface area (Å²) in [7, 11) is 0. The summed E-state index contributed by atoms with van der Waals surface area (Å²) in [5.41, 5.74) is 3.05. The molecule has 0 radical (unpaired) electrons. The van der Waals surface area contributed by atoms with Crippen LogP contribution in [0.1, 0.15) is 22.9 Å². The first-order valence-electron chi connectivity index (χ1n) is 7.79. The zero-order valence-corrected chi connectivity index (χ0v) is 13.5. The average molecular weight is 311 g/mol. The van der Waals surface area contributed by atoms with Gasteiger partial charge >= 0.3 is 6.03 Å². The van der Waals surface area contributed by atoms with Gasteiger partial charge in [-0.1, -0.05) is 30.3 Å². The summed E-state index contributed by atoms with van der Waals surface area (Å²) in [5.74, 6) is 0.589. The van der Waals surface area contributed by atoms with Gasteiger partial charge in [0.15, 0.2) is 0 Å². The Hall–Kier alpha value is -2.40. The lowest BCUT2D eigenvalue weighted by atomic mass is 10.1. The fourth-order valence-electron chi connectivity index (χ4n) is 2.88. The van der Waals surface area contributed by atoms with E-state index >= 15 is 0 Å². The molecule has 5 nitrogen and oxygen atoms in total. The van der Waals surface area contributed by atoms with Gasteiger partial charge in [0.2, 0.25) is 0 Å². The Labute approximate surface area is 136 Å². The molecule has 1 saturated heterocycles. The average Bonchev–Trinajstić information content (AvgIpc) is 2.54. The number of morpholine rings is 1. The summed E-state index contributed by atoms with van der Waals surface area (Å²) < 4.78 is 5.57. The smallest absolute Gasteiger partial charge is 0.323 e. The molecule has 0 aliphatic carbocycles. The molecule has 1 aliphatic rings. The zero-order valence-electron chi connectivity index (χ0n) is 13.5. The summed E-state index contributed by atoms with van der Waals surface area (Å²) >= 11 is 0. The van der Waals surface area contributed by atoms with Crippen molar-refractivity contribution >= 4 is 11.8 Å². The Balaban J connectivity index is 1.79. The summed E-state index contributed by atoms with van der Waals surface area (Å²) in [5, 5.41) is 2.91. The van der Waals surface area contributed by atoms with Gasteiger partial charge in [-0.25, -0.2) is 9.78 Å². The van der Waals surface area contributed by atoms with Gasteiger partial charge < -0.3 is 9.64 Å². The molecule has 1 aliphatic heterocycles. The highest BCUT2D eigenvalue weighted by Crippen LogP contribution is 2.24. The molecule has 1 N–H and O–H groups in total. The molecule has 1 aromatic carbocycles. The Morgan fingerprint density at radius 2 is 2.04 bits per heavy atom. The largest absolute Gasteiger partial charge is 0.377 e. The highest BCUT2D eigenvalue weighted by Gasteiger charge is 2.28. The summed E-state index contributed by atoms with van der Waals surface area (Å²) in [6.07, 6.45) is 0. The van der Waals surface area contributed by atoms with Crippen LogP contribution in [-0.4, -0.2) is 35.7 Å². The first kappa shape index (κ1) is 15.5. The lowest BCUT2D eigenvalue weighted by Crippen LogP contribution is -2.45. The van der Waals surface area contributed by atoms with E-state index in [0.29, 0.717) is 25.6 Å². The summed E-state index contributed by atoms with van der Waals surface area (Å²) in [6.45, 7) is 5.54. The van der Waals surface area contributed by atoms with Crippen molar-refractivity contribution in [2.75, 3.05) is 25.1 Å². The third-order valence-electron chi connectivity index (χ3n) is 3.91. The second-order valence-electron chi connectivity index (χ2n) is 5.80. The molecule has 3 rings (SSSR count). The van der Waals surface area contributed by atoms with Crippen LogP contribution in [0.15, 0.2) is 42.5 Å². The highest BCUT2D eigenvalue weighted by atomic mass is 16.5. The molecule has 1 atom stereocenters. The van der Waals surface area contributed by atoms with Crippen LogP contribution in [0.5, 0.6) is 0 Å². The van der Waals surface area contributed by atoms with Crippen molar-refractivity contribution in [3.8, 4) is 0 Å². The van der Waals surface area contributed by atoms with Gasteiger partial charge in [-0.05, 0) is 37.1 Å². The molecule has 5 heteroatoms. The van der Waals surface area contributed by atoms with E-state index < -0.39 is 0 Å². The topological polar surface area (TPSA) is 54.5 Å². The summed E-state index contributed by atoms with van der Waals surface area (Å²) in [6, 6.07) is 13.6. The quantitative estimate of drug-likeness (QED) is 0.926. The molecular formula is C18H21N3O2. The number of ether oxygens (including phenoxy) is 1. The van der Waals surface area contributed by atoms with E-state index in [4.69, 9.17) is 4.74 Å². The third-order valence-corrected chi connectivity index (χ3v) is 3.91. The molecule has 1 fully saturated rings. The molecule has 2 aromatic rings. The second kappa shape index (κ2) is 6.79. The Bertz CT molecular complexity index is 668. The number of aromatic nitrogens is 1. The number of carbonyl (C=O) groups excluding carboxylic acids is 1. The summed E-state index contributed by atoms with van der Waals surface area (Å²) in [4.78, 5) is 18.9. The van der Waals surface area contributed by atoms with Gasteiger partial charge in [0.25, 0.3) is 0 Å². The van der Waals surface area contributed by atoms with E-state index in [2.05, 4.69) is 10.3 Å². The van der Waals surface area contributed by atoms with Gasteiger partial charge in [-0.3, -0.25) is 5.32 Å². The molecular weight excluding hydrogens is 290 g/mol. The molecule has 0 saturated carbocycles. The van der Waals surface area contributed by atoms with Crippen molar-refractivity contribution in [2.45, 2.75) is 19.9 Å². The highest BCUT2D eigenvalue weighted by molar-refractivity contribution is 5.88. The van der Waals surface area contributed by atoms with Crippen molar-refractivity contribution in [1.29, 1.82) is 0 Å². The fourth-order valence-corrected chi connectivity index (χ4v) is 2.88. The maximum absolute atomic E-state index is 12.7. The van der Waals surface area contributed by atoms with Crippen LogP contribution in [0.25, 0.3) is 0 Å². The molecule has 1 unspecified atom stereocenters. The van der Waals surface area contributed by atoms with Gasteiger partial charge in [0.1, 0.15) is 5.82 Å². The normalized spacial score (nSPS) is 17.8. The van der Waals surface area contributed by atoms with Crippen molar-refractivity contribution in [1.82, 2.24) is 9.88 Å². The number of rotatable bonds is 2. The molecule has 0 spiro atoms. The van der Waals surface area contributed by atoms with Gasteiger partial charge in [-0.15, -0.1) is 0 Å². The van der Waals surface area contributed by atoms with Crippen LogP contribution in [0, 0.1) is 13.8 Å². The number of pyridine rings is 1. The predicted octanol–water partition coefficient (Wildman–Crippen LogP) is 3.30. The lowest BCUT2D eigenvalue weighted by Gasteiger charge is -2.35. The van der Waals surface area contributed by atoms with E-state index in [1.165, 1.54) is 0 Å². The molecule has 23 heavy (non-hydrogen) atoms. The number of carbonyl (C=O) groups is 1. The van der Waals surface area contributed by atoms with Gasteiger partial charge in [0.05, 0.1) is 19.3 Å². The van der Waals surface area contributed by atoms with Crippen LogP contribution >= 0.6 is 0 Å². The zero-order chi connectivity index (χ0) is 16.2. The van der Waals surface area contributed by atoms with Gasteiger partial charge in [-0.2, -0.15) is 0 Å². The van der Waals surface area contributed by atoms with E-state index in [0.717, 1.165) is 16.8 Å². The van der Waals surface area contributed by atoms with Crippen LogP contribution in [0.2, 0.25) is 0 Å². The lowest BCUT2D eigenvalue weighted by molar-refractivity contribution is 0.0147. The number of nitrogens with zero attached hydrogens (tertiary/aromatic N) is 2. The predicted molar refractivity (Wildman–Crippen MR) is 89.4 cm³/mol. The molecule has 120 valence electrons. The Morgan fingerprint density at radius 1 is 1.26 bits per heavy atom. The van der Waals surface area contributed by atoms with E-state index in [1.807, 2.05) is 61.2 Å². The molecule has 0 bridgehead atoms. The van der Waals surface area contributed by atoms with Crippen LogP contribution in [0.3, 0.4) is 0 Å². The van der Waals surface area contributed by atoms with Crippen molar-refractivity contribution < 1.29 is 9.53 Å². The molecule has 1 aromatic heterocycles. The Morgan fingerprint density at radius 3 is 2.78 bits per heavy atom. The SMILES string of the molecule is Cc1cc(C)nc(NC(=O)N2CCOCC2c2ccccc2)c1. The molecule has 2 heterocycles. The van der Waals surface area contributed by atoms with E-state index in [9.17, 15) is 4.79 Å². The minimum absolute atomic E-state index is 0.0733. The monoisotopic (exact) mass is 311 g/mol. The Kier molecular flexibility index (Phi) is 4.57. The van der Waals surface area contributed by atoms with E-state index in [-0.39, 0.29) is 12.1 Å².